The lowest BCUT2D eigenvalue weighted by Crippen LogP contribution is -2.38. The van der Waals surface area contributed by atoms with Crippen molar-refractivity contribution in [3.63, 3.8) is 0 Å². The molecule has 0 saturated heterocycles. The van der Waals surface area contributed by atoms with Crippen molar-refractivity contribution in [1.82, 2.24) is 25.8 Å². The number of aliphatic imine (C=N–C) groups is 1. The van der Waals surface area contributed by atoms with E-state index in [4.69, 9.17) is 4.52 Å². The highest BCUT2D eigenvalue weighted by molar-refractivity contribution is 14.0. The van der Waals surface area contributed by atoms with Crippen LogP contribution in [0.5, 0.6) is 0 Å². The Labute approximate surface area is 176 Å². The summed E-state index contributed by atoms with van der Waals surface area (Å²) in [5.41, 5.74) is -0.886. The van der Waals surface area contributed by atoms with Crippen LogP contribution in [0.3, 0.4) is 0 Å². The SMILES string of the molecule is CCNC(=NCc1nc(C(F)(F)F)cs1)NCCc1nc(C(C)C)no1.I. The molecule has 0 radical (unpaired) electrons. The van der Waals surface area contributed by atoms with Gasteiger partial charge in [0.15, 0.2) is 17.5 Å². The average Bonchev–Trinajstić information content (AvgIpc) is 3.21. The number of alkyl halides is 3. The molecule has 0 aliphatic rings. The lowest BCUT2D eigenvalue weighted by atomic mass is 10.2. The van der Waals surface area contributed by atoms with Gasteiger partial charge in [-0.1, -0.05) is 19.0 Å². The molecule has 0 aromatic carbocycles. The molecule has 0 saturated carbocycles. The standard InChI is InChI=1S/C15H21F3N6OS.HI/c1-4-19-14(20-6-5-11-23-13(9(2)3)24-25-11)21-7-12-22-10(8-26-12)15(16,17)18;/h8-9H,4-7H2,1-3H3,(H2,19,20,21);1H. The van der Waals surface area contributed by atoms with Gasteiger partial charge in [0.1, 0.15) is 5.01 Å². The number of hydrogen-bond acceptors (Lipinski definition) is 6. The monoisotopic (exact) mass is 518 g/mol. The lowest BCUT2D eigenvalue weighted by Gasteiger charge is -2.09. The predicted molar refractivity (Wildman–Crippen MR) is 107 cm³/mol. The van der Waals surface area contributed by atoms with E-state index in [9.17, 15) is 13.2 Å². The second kappa shape index (κ2) is 10.8. The van der Waals surface area contributed by atoms with Gasteiger partial charge >= 0.3 is 6.18 Å². The highest BCUT2D eigenvalue weighted by Crippen LogP contribution is 2.30. The summed E-state index contributed by atoms with van der Waals surface area (Å²) >= 11 is 0.936. The van der Waals surface area contributed by atoms with Crippen LogP contribution in [-0.2, 0) is 19.1 Å². The summed E-state index contributed by atoms with van der Waals surface area (Å²) in [5.74, 6) is 1.86. The van der Waals surface area contributed by atoms with Gasteiger partial charge in [0.05, 0.1) is 6.54 Å². The van der Waals surface area contributed by atoms with Crippen LogP contribution in [0.1, 0.15) is 49.1 Å². The first-order chi connectivity index (χ1) is 12.3. The molecule has 0 spiro atoms. The number of rotatable bonds is 7. The van der Waals surface area contributed by atoms with Crippen LogP contribution in [0.4, 0.5) is 13.2 Å². The summed E-state index contributed by atoms with van der Waals surface area (Å²) in [6, 6.07) is 0. The van der Waals surface area contributed by atoms with E-state index >= 15 is 0 Å². The second-order valence-corrected chi connectivity index (χ2v) is 6.64. The molecule has 2 heterocycles. The molecule has 0 aliphatic carbocycles. The summed E-state index contributed by atoms with van der Waals surface area (Å²) in [6.07, 6.45) is -3.92. The fraction of sp³-hybridized carbons (Fsp3) is 0.600. The Balaban J connectivity index is 0.00000364. The van der Waals surface area contributed by atoms with Crippen molar-refractivity contribution < 1.29 is 17.7 Å². The van der Waals surface area contributed by atoms with Crippen LogP contribution in [0.25, 0.3) is 0 Å². The predicted octanol–water partition coefficient (Wildman–Crippen LogP) is 3.58. The number of thiazole rings is 1. The minimum absolute atomic E-state index is 0. The summed E-state index contributed by atoms with van der Waals surface area (Å²) in [5, 5.41) is 11.3. The Kier molecular flexibility index (Phi) is 9.42. The third kappa shape index (κ3) is 7.60. The van der Waals surface area contributed by atoms with E-state index in [1.165, 1.54) is 0 Å². The Bertz CT molecular complexity index is 731. The van der Waals surface area contributed by atoms with Crippen LogP contribution in [-0.4, -0.2) is 34.2 Å². The average molecular weight is 518 g/mol. The third-order valence-corrected chi connectivity index (χ3v) is 4.02. The maximum atomic E-state index is 12.6. The molecule has 2 aromatic heterocycles. The number of aromatic nitrogens is 3. The number of nitrogens with one attached hydrogen (secondary N) is 2. The maximum absolute atomic E-state index is 12.6. The summed E-state index contributed by atoms with van der Waals surface area (Å²) in [4.78, 5) is 12.1. The molecule has 2 N–H and O–H groups in total. The maximum Gasteiger partial charge on any atom is 0.434 e. The van der Waals surface area contributed by atoms with Crippen LogP contribution in [0, 0.1) is 0 Å². The Morgan fingerprint density at radius 3 is 2.59 bits per heavy atom. The molecule has 2 aromatic rings. The van der Waals surface area contributed by atoms with E-state index in [-0.39, 0.29) is 36.4 Å². The smallest absolute Gasteiger partial charge is 0.357 e. The topological polar surface area (TPSA) is 88.2 Å². The van der Waals surface area contributed by atoms with Crippen molar-refractivity contribution >= 4 is 41.3 Å². The van der Waals surface area contributed by atoms with E-state index in [0.717, 1.165) is 16.7 Å². The summed E-state index contributed by atoms with van der Waals surface area (Å²) < 4.78 is 42.8. The molecule has 0 fully saturated rings. The number of halogens is 4. The quantitative estimate of drug-likeness (QED) is 0.331. The normalized spacial score (nSPS) is 12.2. The number of guanidine groups is 1. The zero-order valence-electron chi connectivity index (χ0n) is 15.1. The molecule has 0 unspecified atom stereocenters. The molecule has 2 rings (SSSR count). The first kappa shape index (κ1) is 23.6. The molecular weight excluding hydrogens is 496 g/mol. The minimum atomic E-state index is -4.43. The first-order valence-corrected chi connectivity index (χ1v) is 9.03. The fourth-order valence-electron chi connectivity index (χ4n) is 1.89. The Morgan fingerprint density at radius 1 is 1.30 bits per heavy atom. The largest absolute Gasteiger partial charge is 0.434 e. The van der Waals surface area contributed by atoms with E-state index in [1.54, 1.807) is 0 Å². The van der Waals surface area contributed by atoms with Crippen molar-refractivity contribution in [3.05, 3.63) is 27.8 Å². The van der Waals surface area contributed by atoms with Gasteiger partial charge in [0.2, 0.25) is 5.89 Å². The van der Waals surface area contributed by atoms with E-state index in [0.29, 0.717) is 42.2 Å². The molecule has 27 heavy (non-hydrogen) atoms. The molecule has 12 heteroatoms. The van der Waals surface area contributed by atoms with Crippen LogP contribution < -0.4 is 10.6 Å². The van der Waals surface area contributed by atoms with Gasteiger partial charge in [-0.15, -0.1) is 35.3 Å². The molecule has 0 atom stereocenters. The zero-order valence-corrected chi connectivity index (χ0v) is 18.3. The lowest BCUT2D eigenvalue weighted by molar-refractivity contribution is -0.140. The van der Waals surface area contributed by atoms with Crippen molar-refractivity contribution in [2.45, 2.75) is 45.8 Å². The Morgan fingerprint density at radius 2 is 2.04 bits per heavy atom. The van der Waals surface area contributed by atoms with Crippen molar-refractivity contribution in [2.75, 3.05) is 13.1 Å². The van der Waals surface area contributed by atoms with E-state index in [2.05, 4.69) is 30.8 Å². The van der Waals surface area contributed by atoms with E-state index in [1.807, 2.05) is 20.8 Å². The molecule has 0 bridgehead atoms. The van der Waals surface area contributed by atoms with Gasteiger partial charge in [-0.05, 0) is 6.92 Å². The van der Waals surface area contributed by atoms with Crippen molar-refractivity contribution in [1.29, 1.82) is 0 Å². The summed E-state index contributed by atoms with van der Waals surface area (Å²) in [6.45, 7) is 7.04. The van der Waals surface area contributed by atoms with Gasteiger partial charge in [-0.2, -0.15) is 18.2 Å². The highest BCUT2D eigenvalue weighted by Gasteiger charge is 2.33. The number of nitrogens with zero attached hydrogens (tertiary/aromatic N) is 4. The summed E-state index contributed by atoms with van der Waals surface area (Å²) in [7, 11) is 0. The van der Waals surface area contributed by atoms with Gasteiger partial charge < -0.3 is 15.2 Å². The minimum Gasteiger partial charge on any atom is -0.357 e. The van der Waals surface area contributed by atoms with Crippen LogP contribution in [0.15, 0.2) is 14.9 Å². The highest BCUT2D eigenvalue weighted by atomic mass is 127. The first-order valence-electron chi connectivity index (χ1n) is 8.15. The van der Waals surface area contributed by atoms with Gasteiger partial charge in [-0.3, -0.25) is 0 Å². The molecule has 0 aliphatic heterocycles. The molecule has 7 nitrogen and oxygen atoms in total. The molecule has 0 amide bonds. The van der Waals surface area contributed by atoms with Gasteiger partial charge in [0.25, 0.3) is 0 Å². The molecule has 152 valence electrons. The third-order valence-electron chi connectivity index (χ3n) is 3.19. The van der Waals surface area contributed by atoms with Crippen LogP contribution >= 0.6 is 35.3 Å². The van der Waals surface area contributed by atoms with E-state index < -0.39 is 11.9 Å². The molecular formula is C15H22F3IN6OS. The van der Waals surface area contributed by atoms with Gasteiger partial charge in [0, 0.05) is 30.8 Å². The second-order valence-electron chi connectivity index (χ2n) is 5.70. The van der Waals surface area contributed by atoms with Crippen LogP contribution in [0.2, 0.25) is 0 Å². The number of hydrogen-bond donors (Lipinski definition) is 2. The van der Waals surface area contributed by atoms with Crippen molar-refractivity contribution in [3.8, 4) is 0 Å². The van der Waals surface area contributed by atoms with Crippen molar-refractivity contribution in [2.24, 2.45) is 4.99 Å². The zero-order chi connectivity index (χ0) is 19.2. The Hall–Kier alpha value is -1.44. The van der Waals surface area contributed by atoms with Gasteiger partial charge in [-0.25, -0.2) is 9.98 Å². The fourth-order valence-corrected chi connectivity index (χ4v) is 2.62.